The Morgan fingerprint density at radius 3 is 2.80 bits per heavy atom. The van der Waals surface area contributed by atoms with Gasteiger partial charge in [0.05, 0.1) is 6.33 Å². The molecule has 20 heavy (non-hydrogen) atoms. The summed E-state index contributed by atoms with van der Waals surface area (Å²) in [5, 5.41) is 2.93. The lowest BCUT2D eigenvalue weighted by Gasteiger charge is -2.06. The van der Waals surface area contributed by atoms with E-state index < -0.39 is 0 Å². The van der Waals surface area contributed by atoms with E-state index in [1.165, 1.54) is 5.56 Å². The summed E-state index contributed by atoms with van der Waals surface area (Å²) in [5.41, 5.74) is 1.96. The fourth-order valence-electron chi connectivity index (χ4n) is 1.90. The van der Waals surface area contributed by atoms with E-state index in [0.29, 0.717) is 6.54 Å². The summed E-state index contributed by atoms with van der Waals surface area (Å²) < 4.78 is 2.00. The summed E-state index contributed by atoms with van der Waals surface area (Å²) in [7, 11) is 0. The lowest BCUT2D eigenvalue weighted by molar-refractivity contribution is 0.0952. The molecule has 4 nitrogen and oxygen atoms in total. The third-order valence-electron chi connectivity index (χ3n) is 2.96. The highest BCUT2D eigenvalue weighted by Gasteiger charge is 2.04. The Labute approximate surface area is 123 Å². The van der Waals surface area contributed by atoms with Crippen molar-refractivity contribution < 1.29 is 4.79 Å². The van der Waals surface area contributed by atoms with Gasteiger partial charge < -0.3 is 9.88 Å². The third kappa shape index (κ3) is 4.42. The Morgan fingerprint density at radius 1 is 1.35 bits per heavy atom. The van der Waals surface area contributed by atoms with Crippen molar-refractivity contribution in [3.05, 3.63) is 54.1 Å². The van der Waals surface area contributed by atoms with Crippen LogP contribution in [0.2, 0.25) is 0 Å². The zero-order valence-electron chi connectivity index (χ0n) is 11.6. The number of benzene rings is 1. The first-order chi connectivity index (χ1) is 9.79. The van der Waals surface area contributed by atoms with Crippen LogP contribution in [-0.2, 0) is 12.3 Å². The lowest BCUT2D eigenvalue weighted by Crippen LogP contribution is -2.25. The molecule has 2 aromatic rings. The van der Waals surface area contributed by atoms with Gasteiger partial charge in [-0.3, -0.25) is 4.79 Å². The number of nitrogens with zero attached hydrogens (tertiary/aromatic N) is 2. The molecule has 2 rings (SSSR count). The summed E-state index contributed by atoms with van der Waals surface area (Å²) in [6.07, 6.45) is 8.43. The van der Waals surface area contributed by atoms with Crippen molar-refractivity contribution >= 4 is 17.7 Å². The SMILES string of the molecule is CSCc1ccc(C(=O)NCCCn2ccnc2)cc1. The van der Waals surface area contributed by atoms with Crippen LogP contribution in [0.4, 0.5) is 0 Å². The average molecular weight is 289 g/mol. The summed E-state index contributed by atoms with van der Waals surface area (Å²) in [5.74, 6) is 0.971. The van der Waals surface area contributed by atoms with Crippen LogP contribution in [-0.4, -0.2) is 28.3 Å². The van der Waals surface area contributed by atoms with Crippen LogP contribution < -0.4 is 5.32 Å². The van der Waals surface area contributed by atoms with Crippen LogP contribution in [0.15, 0.2) is 43.0 Å². The van der Waals surface area contributed by atoms with Gasteiger partial charge in [-0.05, 0) is 30.4 Å². The highest BCUT2D eigenvalue weighted by molar-refractivity contribution is 7.97. The molecule has 0 radical (unpaired) electrons. The fraction of sp³-hybridized carbons (Fsp3) is 0.333. The Hall–Kier alpha value is -1.75. The number of hydrogen-bond acceptors (Lipinski definition) is 3. The zero-order valence-corrected chi connectivity index (χ0v) is 12.4. The Balaban J connectivity index is 1.73. The van der Waals surface area contributed by atoms with Crippen molar-refractivity contribution in [2.45, 2.75) is 18.7 Å². The van der Waals surface area contributed by atoms with E-state index >= 15 is 0 Å². The number of hydrogen-bond donors (Lipinski definition) is 1. The molecule has 1 aromatic heterocycles. The molecule has 0 atom stereocenters. The summed E-state index contributed by atoms with van der Waals surface area (Å²) >= 11 is 1.78. The Kier molecular flexibility index (Phi) is 5.68. The first-order valence-electron chi connectivity index (χ1n) is 6.61. The van der Waals surface area contributed by atoms with Crippen LogP contribution in [0.1, 0.15) is 22.3 Å². The molecule has 1 aromatic carbocycles. The van der Waals surface area contributed by atoms with Crippen molar-refractivity contribution in [3.8, 4) is 0 Å². The van der Waals surface area contributed by atoms with Crippen LogP contribution in [0.25, 0.3) is 0 Å². The standard InChI is InChI=1S/C15H19N3OS/c1-20-11-13-3-5-14(6-4-13)15(19)17-7-2-9-18-10-8-16-12-18/h3-6,8,10,12H,2,7,9,11H2,1H3,(H,17,19). The highest BCUT2D eigenvalue weighted by atomic mass is 32.2. The van der Waals surface area contributed by atoms with Crippen molar-refractivity contribution in [1.29, 1.82) is 0 Å². The smallest absolute Gasteiger partial charge is 0.251 e. The topological polar surface area (TPSA) is 46.9 Å². The van der Waals surface area contributed by atoms with Gasteiger partial charge in [-0.15, -0.1) is 0 Å². The largest absolute Gasteiger partial charge is 0.352 e. The molecule has 0 spiro atoms. The fourth-order valence-corrected chi connectivity index (χ4v) is 2.43. The second-order valence-corrected chi connectivity index (χ2v) is 5.41. The molecule has 0 aliphatic heterocycles. The van der Waals surface area contributed by atoms with Gasteiger partial charge in [0.1, 0.15) is 0 Å². The maximum atomic E-state index is 11.9. The van der Waals surface area contributed by atoms with Crippen LogP contribution in [0, 0.1) is 0 Å². The summed E-state index contributed by atoms with van der Waals surface area (Å²) in [6.45, 7) is 1.54. The monoisotopic (exact) mass is 289 g/mol. The Morgan fingerprint density at radius 2 is 2.15 bits per heavy atom. The molecule has 0 aliphatic rings. The molecule has 1 N–H and O–H groups in total. The third-order valence-corrected chi connectivity index (χ3v) is 3.59. The molecule has 0 saturated carbocycles. The summed E-state index contributed by atoms with van der Waals surface area (Å²) in [4.78, 5) is 15.9. The number of nitrogens with one attached hydrogen (secondary N) is 1. The van der Waals surface area contributed by atoms with Crippen LogP contribution in [0.3, 0.4) is 0 Å². The summed E-state index contributed by atoms with van der Waals surface area (Å²) in [6, 6.07) is 7.79. The van der Waals surface area contributed by atoms with Crippen LogP contribution in [0.5, 0.6) is 0 Å². The molecular weight excluding hydrogens is 270 g/mol. The lowest BCUT2D eigenvalue weighted by atomic mass is 10.1. The van der Waals surface area contributed by atoms with E-state index in [9.17, 15) is 4.79 Å². The Bertz CT molecular complexity index is 523. The predicted octanol–water partition coefficient (Wildman–Crippen LogP) is 2.57. The van der Waals surface area contributed by atoms with E-state index in [1.54, 1.807) is 24.3 Å². The molecule has 5 heteroatoms. The first-order valence-corrected chi connectivity index (χ1v) is 8.01. The molecule has 0 unspecified atom stereocenters. The van der Waals surface area contributed by atoms with E-state index in [2.05, 4.69) is 16.6 Å². The number of aryl methyl sites for hydroxylation is 1. The first kappa shape index (κ1) is 14.7. The second kappa shape index (κ2) is 7.75. The molecule has 1 amide bonds. The van der Waals surface area contributed by atoms with E-state index in [4.69, 9.17) is 0 Å². The number of carbonyl (C=O) groups excluding carboxylic acids is 1. The van der Waals surface area contributed by atoms with Gasteiger partial charge in [-0.25, -0.2) is 4.98 Å². The number of aromatic nitrogens is 2. The van der Waals surface area contributed by atoms with Gasteiger partial charge in [-0.1, -0.05) is 12.1 Å². The molecule has 1 heterocycles. The minimum atomic E-state index is -0.00803. The molecule has 0 aliphatic carbocycles. The molecule has 106 valence electrons. The maximum absolute atomic E-state index is 11.9. The molecule has 0 bridgehead atoms. The molecule has 0 fully saturated rings. The van der Waals surface area contributed by atoms with Gasteiger partial charge >= 0.3 is 0 Å². The number of thioether (sulfide) groups is 1. The van der Waals surface area contributed by atoms with Gasteiger partial charge in [0, 0.05) is 36.8 Å². The minimum Gasteiger partial charge on any atom is -0.352 e. The quantitative estimate of drug-likeness (QED) is 0.797. The van der Waals surface area contributed by atoms with E-state index in [0.717, 1.165) is 24.3 Å². The van der Waals surface area contributed by atoms with Crippen molar-refractivity contribution in [3.63, 3.8) is 0 Å². The number of imidazole rings is 1. The van der Waals surface area contributed by atoms with Gasteiger partial charge in [-0.2, -0.15) is 11.8 Å². The minimum absolute atomic E-state index is 0.00803. The van der Waals surface area contributed by atoms with E-state index in [1.807, 2.05) is 35.0 Å². The number of rotatable bonds is 7. The highest BCUT2D eigenvalue weighted by Crippen LogP contribution is 2.10. The maximum Gasteiger partial charge on any atom is 0.251 e. The van der Waals surface area contributed by atoms with Gasteiger partial charge in [0.2, 0.25) is 0 Å². The van der Waals surface area contributed by atoms with Crippen molar-refractivity contribution in [2.75, 3.05) is 12.8 Å². The zero-order chi connectivity index (χ0) is 14.2. The predicted molar refractivity (Wildman–Crippen MR) is 82.8 cm³/mol. The molecular formula is C15H19N3OS. The van der Waals surface area contributed by atoms with Gasteiger partial charge in [0.15, 0.2) is 0 Å². The van der Waals surface area contributed by atoms with Gasteiger partial charge in [0.25, 0.3) is 5.91 Å². The second-order valence-electron chi connectivity index (χ2n) is 4.54. The number of amides is 1. The van der Waals surface area contributed by atoms with E-state index in [-0.39, 0.29) is 5.91 Å². The van der Waals surface area contributed by atoms with Crippen molar-refractivity contribution in [2.24, 2.45) is 0 Å². The van der Waals surface area contributed by atoms with Crippen molar-refractivity contribution in [1.82, 2.24) is 14.9 Å². The van der Waals surface area contributed by atoms with Crippen LogP contribution >= 0.6 is 11.8 Å². The molecule has 0 saturated heterocycles. The number of carbonyl (C=O) groups is 1. The average Bonchev–Trinajstić information content (AvgIpc) is 2.98. The normalized spacial score (nSPS) is 10.4.